The maximum atomic E-state index is 12.8. The summed E-state index contributed by atoms with van der Waals surface area (Å²) in [6, 6.07) is 5.49. The van der Waals surface area contributed by atoms with Crippen LogP contribution in [0, 0.1) is 0 Å². The molecular formula is C19H29F3N4O2+2. The summed E-state index contributed by atoms with van der Waals surface area (Å²) in [5, 5.41) is 5.33. The number of nitrogens with one attached hydrogen (secondary N) is 4. The van der Waals surface area contributed by atoms with Crippen LogP contribution in [0.3, 0.4) is 0 Å². The second kappa shape index (κ2) is 9.88. The first-order chi connectivity index (χ1) is 13.1. The largest absolute Gasteiger partial charge is 0.416 e. The molecule has 1 saturated heterocycles. The second-order valence-corrected chi connectivity index (χ2v) is 7.55. The highest BCUT2D eigenvalue weighted by Crippen LogP contribution is 2.29. The maximum Gasteiger partial charge on any atom is 0.416 e. The van der Waals surface area contributed by atoms with Gasteiger partial charge in [0.2, 0.25) is 5.91 Å². The number of benzene rings is 1. The van der Waals surface area contributed by atoms with Crippen molar-refractivity contribution in [1.82, 2.24) is 10.6 Å². The minimum absolute atomic E-state index is 0.0305. The number of piperazine rings is 1. The molecule has 1 fully saturated rings. The van der Waals surface area contributed by atoms with Crippen LogP contribution in [0.4, 0.5) is 13.2 Å². The molecule has 0 saturated carbocycles. The molecule has 2 amide bonds. The van der Waals surface area contributed by atoms with E-state index in [1.807, 2.05) is 13.8 Å². The van der Waals surface area contributed by atoms with E-state index in [0.29, 0.717) is 18.7 Å². The summed E-state index contributed by atoms with van der Waals surface area (Å²) in [6.07, 6.45) is -4.33. The SMILES string of the molecule is CC(C)NC(=O)CNC(=O)C[NH+]1CC[NH+](Cc2cccc(C(F)(F)F)c2)CC1. The summed E-state index contributed by atoms with van der Waals surface area (Å²) in [7, 11) is 0. The van der Waals surface area contributed by atoms with Crippen molar-refractivity contribution in [1.29, 1.82) is 0 Å². The van der Waals surface area contributed by atoms with E-state index in [1.54, 1.807) is 6.07 Å². The van der Waals surface area contributed by atoms with Crippen LogP contribution in [0.1, 0.15) is 25.0 Å². The quantitative estimate of drug-likeness (QED) is 0.455. The number of hydrogen-bond donors (Lipinski definition) is 4. The van der Waals surface area contributed by atoms with E-state index >= 15 is 0 Å². The predicted molar refractivity (Wildman–Crippen MR) is 97.7 cm³/mol. The minimum atomic E-state index is -4.33. The van der Waals surface area contributed by atoms with Gasteiger partial charge in [0.25, 0.3) is 5.91 Å². The number of carbonyl (C=O) groups is 2. The molecule has 2 rings (SSSR count). The predicted octanol–water partition coefficient (Wildman–Crippen LogP) is -1.37. The topological polar surface area (TPSA) is 67.1 Å². The fourth-order valence-electron chi connectivity index (χ4n) is 3.30. The third-order valence-electron chi connectivity index (χ3n) is 4.68. The molecule has 0 aliphatic carbocycles. The van der Waals surface area contributed by atoms with E-state index < -0.39 is 11.7 Å². The van der Waals surface area contributed by atoms with Gasteiger partial charge < -0.3 is 20.4 Å². The number of amides is 2. The Morgan fingerprint density at radius 1 is 1.07 bits per heavy atom. The van der Waals surface area contributed by atoms with E-state index in [9.17, 15) is 22.8 Å². The third kappa shape index (κ3) is 7.47. The first-order valence-electron chi connectivity index (χ1n) is 9.53. The molecule has 0 bridgehead atoms. The van der Waals surface area contributed by atoms with Crippen LogP contribution < -0.4 is 20.4 Å². The van der Waals surface area contributed by atoms with Gasteiger partial charge in [0.05, 0.1) is 12.1 Å². The van der Waals surface area contributed by atoms with E-state index in [1.165, 1.54) is 17.0 Å². The van der Waals surface area contributed by atoms with Crippen molar-refractivity contribution in [2.24, 2.45) is 0 Å². The van der Waals surface area contributed by atoms with Gasteiger partial charge in [-0.2, -0.15) is 13.2 Å². The van der Waals surface area contributed by atoms with Crippen molar-refractivity contribution in [3.05, 3.63) is 35.4 Å². The van der Waals surface area contributed by atoms with Gasteiger partial charge in [-0.25, -0.2) is 0 Å². The van der Waals surface area contributed by atoms with Gasteiger partial charge >= 0.3 is 6.18 Å². The van der Waals surface area contributed by atoms with Gasteiger partial charge in [-0.15, -0.1) is 0 Å². The Morgan fingerprint density at radius 2 is 1.71 bits per heavy atom. The van der Waals surface area contributed by atoms with Gasteiger partial charge in [0.15, 0.2) is 6.54 Å². The fourth-order valence-corrected chi connectivity index (χ4v) is 3.30. The highest BCUT2D eigenvalue weighted by atomic mass is 19.4. The Labute approximate surface area is 163 Å². The number of alkyl halides is 3. The van der Waals surface area contributed by atoms with Crippen LogP contribution in [-0.4, -0.2) is 57.1 Å². The molecule has 1 aliphatic heterocycles. The molecule has 4 N–H and O–H groups in total. The standard InChI is InChI=1S/C19H27F3N4O2/c1-14(2)24-17(27)11-23-18(28)13-26-8-6-25(7-9-26)12-15-4-3-5-16(10-15)19(20,21)22/h3-5,10,14H,6-9,11-13H2,1-2H3,(H,23,28)(H,24,27)/p+2. The average Bonchev–Trinajstić information content (AvgIpc) is 2.61. The first kappa shape index (κ1) is 22.2. The lowest BCUT2D eigenvalue weighted by atomic mass is 10.1. The molecule has 1 heterocycles. The van der Waals surface area contributed by atoms with Crippen molar-refractivity contribution >= 4 is 11.8 Å². The number of hydrogen-bond acceptors (Lipinski definition) is 2. The fraction of sp³-hybridized carbons (Fsp3) is 0.579. The van der Waals surface area contributed by atoms with Crippen molar-refractivity contribution in [3.8, 4) is 0 Å². The normalized spacial score (nSPS) is 20.1. The Morgan fingerprint density at radius 3 is 2.32 bits per heavy atom. The van der Waals surface area contributed by atoms with E-state index in [4.69, 9.17) is 0 Å². The van der Waals surface area contributed by atoms with E-state index in [0.717, 1.165) is 37.1 Å². The van der Waals surface area contributed by atoms with Gasteiger partial charge in [0, 0.05) is 11.6 Å². The van der Waals surface area contributed by atoms with Crippen molar-refractivity contribution in [3.63, 3.8) is 0 Å². The van der Waals surface area contributed by atoms with Crippen LogP contribution in [-0.2, 0) is 22.3 Å². The Kier molecular flexibility index (Phi) is 7.82. The van der Waals surface area contributed by atoms with Crippen molar-refractivity contribution in [2.45, 2.75) is 32.6 Å². The molecule has 0 spiro atoms. The van der Waals surface area contributed by atoms with Crippen LogP contribution in [0.5, 0.6) is 0 Å². The monoisotopic (exact) mass is 402 g/mol. The molecule has 6 nitrogen and oxygen atoms in total. The molecule has 0 atom stereocenters. The Bertz CT molecular complexity index is 671. The minimum Gasteiger partial charge on any atom is -0.352 e. The Balaban J connectivity index is 1.73. The third-order valence-corrected chi connectivity index (χ3v) is 4.68. The Hall–Kier alpha value is -2.13. The zero-order valence-electron chi connectivity index (χ0n) is 16.3. The summed E-state index contributed by atoms with van der Waals surface area (Å²) >= 11 is 0. The molecular weight excluding hydrogens is 373 g/mol. The lowest BCUT2D eigenvalue weighted by Gasteiger charge is -2.29. The van der Waals surface area contributed by atoms with Crippen LogP contribution in [0.15, 0.2) is 24.3 Å². The molecule has 1 aromatic rings. The summed E-state index contributed by atoms with van der Waals surface area (Å²) in [4.78, 5) is 25.9. The average molecular weight is 402 g/mol. The molecule has 0 aromatic heterocycles. The van der Waals surface area contributed by atoms with Gasteiger partial charge in [-0.1, -0.05) is 12.1 Å². The smallest absolute Gasteiger partial charge is 0.352 e. The first-order valence-corrected chi connectivity index (χ1v) is 9.53. The summed E-state index contributed by atoms with van der Waals surface area (Å²) in [5.74, 6) is -0.385. The zero-order valence-corrected chi connectivity index (χ0v) is 16.3. The molecule has 1 aromatic carbocycles. The zero-order chi connectivity index (χ0) is 20.7. The van der Waals surface area contributed by atoms with Crippen molar-refractivity contribution < 1.29 is 32.6 Å². The van der Waals surface area contributed by atoms with Gasteiger partial charge in [0.1, 0.15) is 32.7 Å². The van der Waals surface area contributed by atoms with Crippen LogP contribution >= 0.6 is 0 Å². The lowest BCUT2D eigenvalue weighted by molar-refractivity contribution is -1.02. The van der Waals surface area contributed by atoms with Crippen LogP contribution in [0.2, 0.25) is 0 Å². The highest BCUT2D eigenvalue weighted by molar-refractivity contribution is 5.85. The second-order valence-electron chi connectivity index (χ2n) is 7.55. The number of rotatable bonds is 7. The lowest BCUT2D eigenvalue weighted by Crippen LogP contribution is -3.28. The summed E-state index contributed by atoms with van der Waals surface area (Å²) < 4.78 is 38.5. The molecule has 0 radical (unpaired) electrons. The van der Waals surface area contributed by atoms with Crippen molar-refractivity contribution in [2.75, 3.05) is 39.3 Å². The summed E-state index contributed by atoms with van der Waals surface area (Å²) in [5.41, 5.74) is 0.0500. The maximum absolute atomic E-state index is 12.8. The number of carbonyl (C=O) groups excluding carboxylic acids is 2. The molecule has 28 heavy (non-hydrogen) atoms. The molecule has 0 unspecified atom stereocenters. The molecule has 1 aliphatic rings. The molecule has 9 heteroatoms. The number of quaternary nitrogens is 2. The van der Waals surface area contributed by atoms with E-state index in [-0.39, 0.29) is 24.4 Å². The molecule has 156 valence electrons. The van der Waals surface area contributed by atoms with E-state index in [2.05, 4.69) is 10.6 Å². The van der Waals surface area contributed by atoms with Gasteiger partial charge in [-0.05, 0) is 26.0 Å². The van der Waals surface area contributed by atoms with Crippen LogP contribution in [0.25, 0.3) is 0 Å². The summed E-state index contributed by atoms with van der Waals surface area (Å²) in [6.45, 7) is 7.61. The highest BCUT2D eigenvalue weighted by Gasteiger charge is 2.31. The van der Waals surface area contributed by atoms with Gasteiger partial charge in [-0.3, -0.25) is 9.59 Å². The number of halogens is 3.